The lowest BCUT2D eigenvalue weighted by molar-refractivity contribution is 0.583. The molecule has 2 aromatic rings. The Bertz CT molecular complexity index is 580. The van der Waals surface area contributed by atoms with Gasteiger partial charge in [-0.1, -0.05) is 6.07 Å². The van der Waals surface area contributed by atoms with Crippen LogP contribution in [0.2, 0.25) is 0 Å². The molecule has 0 atom stereocenters. The number of nitrogen functional groups attached to an aromatic ring is 1. The molecule has 0 bridgehead atoms. The number of hydrogen-bond donors (Lipinski definition) is 1. The standard InChI is InChI=1S/C13H12F2N2/c1-7-3-4-9(14)12(13(7)15)11-6-5-10(16)8(2)17-11/h3-6H,16H2,1-2H3. The third-order valence-corrected chi connectivity index (χ3v) is 2.67. The fourth-order valence-electron chi connectivity index (χ4n) is 1.60. The molecule has 1 aromatic heterocycles. The molecule has 0 amide bonds. The first kappa shape index (κ1) is 11.5. The van der Waals surface area contributed by atoms with Gasteiger partial charge in [-0.05, 0) is 37.6 Å². The first-order valence-electron chi connectivity index (χ1n) is 5.19. The number of benzene rings is 1. The van der Waals surface area contributed by atoms with E-state index >= 15 is 0 Å². The second kappa shape index (κ2) is 4.13. The maximum Gasteiger partial charge on any atom is 0.138 e. The Morgan fingerprint density at radius 2 is 1.76 bits per heavy atom. The monoisotopic (exact) mass is 234 g/mol. The van der Waals surface area contributed by atoms with Crippen LogP contribution in [0.25, 0.3) is 11.3 Å². The summed E-state index contributed by atoms with van der Waals surface area (Å²) in [5, 5.41) is 0. The molecule has 0 unspecified atom stereocenters. The van der Waals surface area contributed by atoms with Crippen molar-refractivity contribution in [3.63, 3.8) is 0 Å². The molecule has 1 heterocycles. The highest BCUT2D eigenvalue weighted by atomic mass is 19.1. The lowest BCUT2D eigenvalue weighted by Gasteiger charge is -2.08. The minimum Gasteiger partial charge on any atom is -0.397 e. The van der Waals surface area contributed by atoms with Gasteiger partial charge in [-0.15, -0.1) is 0 Å². The highest BCUT2D eigenvalue weighted by Crippen LogP contribution is 2.27. The summed E-state index contributed by atoms with van der Waals surface area (Å²) in [6.07, 6.45) is 0. The number of nitrogens with two attached hydrogens (primary N) is 1. The number of halogens is 2. The van der Waals surface area contributed by atoms with Gasteiger partial charge in [-0.3, -0.25) is 4.98 Å². The molecule has 0 fully saturated rings. The second-order valence-corrected chi connectivity index (χ2v) is 3.92. The predicted octanol–water partition coefficient (Wildman–Crippen LogP) is 3.23. The zero-order valence-electron chi connectivity index (χ0n) is 9.59. The predicted molar refractivity (Wildman–Crippen MR) is 63.5 cm³/mol. The third kappa shape index (κ3) is 1.98. The van der Waals surface area contributed by atoms with Crippen LogP contribution < -0.4 is 5.73 Å². The minimum atomic E-state index is -0.621. The van der Waals surface area contributed by atoms with E-state index in [0.717, 1.165) is 0 Å². The summed E-state index contributed by atoms with van der Waals surface area (Å²) in [5.74, 6) is -1.20. The number of aryl methyl sites for hydroxylation is 2. The van der Waals surface area contributed by atoms with Gasteiger partial charge in [0.2, 0.25) is 0 Å². The van der Waals surface area contributed by atoms with Gasteiger partial charge in [-0.25, -0.2) is 8.78 Å². The first-order chi connectivity index (χ1) is 8.00. The molecule has 0 saturated heterocycles. The summed E-state index contributed by atoms with van der Waals surface area (Å²) in [6, 6.07) is 5.75. The van der Waals surface area contributed by atoms with Crippen molar-refractivity contribution in [2.45, 2.75) is 13.8 Å². The van der Waals surface area contributed by atoms with E-state index in [1.807, 2.05) is 0 Å². The Hall–Kier alpha value is -1.97. The smallest absolute Gasteiger partial charge is 0.138 e. The van der Waals surface area contributed by atoms with E-state index in [9.17, 15) is 8.78 Å². The molecule has 2 nitrogen and oxygen atoms in total. The van der Waals surface area contributed by atoms with Gasteiger partial charge in [0.25, 0.3) is 0 Å². The van der Waals surface area contributed by atoms with Crippen molar-refractivity contribution in [2.75, 3.05) is 5.73 Å². The number of rotatable bonds is 1. The van der Waals surface area contributed by atoms with Gasteiger partial charge in [0.1, 0.15) is 11.6 Å². The first-order valence-corrected chi connectivity index (χ1v) is 5.19. The Morgan fingerprint density at radius 1 is 1.06 bits per heavy atom. The van der Waals surface area contributed by atoms with Gasteiger partial charge in [0, 0.05) is 0 Å². The SMILES string of the molecule is Cc1ccc(F)c(-c2ccc(N)c(C)n2)c1F. The summed E-state index contributed by atoms with van der Waals surface area (Å²) >= 11 is 0. The van der Waals surface area contributed by atoms with Crippen molar-refractivity contribution >= 4 is 5.69 Å². The third-order valence-electron chi connectivity index (χ3n) is 2.67. The number of hydrogen-bond acceptors (Lipinski definition) is 2. The molecule has 2 rings (SSSR count). The van der Waals surface area contributed by atoms with Crippen molar-refractivity contribution in [1.82, 2.24) is 4.98 Å². The number of anilines is 1. The normalized spacial score (nSPS) is 10.6. The molecule has 2 N–H and O–H groups in total. The van der Waals surface area contributed by atoms with Crippen LogP contribution in [-0.4, -0.2) is 4.98 Å². The molecule has 4 heteroatoms. The van der Waals surface area contributed by atoms with Crippen molar-refractivity contribution in [3.8, 4) is 11.3 Å². The zero-order valence-corrected chi connectivity index (χ0v) is 9.59. The van der Waals surface area contributed by atoms with Crippen LogP contribution in [0.3, 0.4) is 0 Å². The lowest BCUT2D eigenvalue weighted by Crippen LogP contribution is -1.99. The summed E-state index contributed by atoms with van der Waals surface area (Å²) < 4.78 is 27.5. The minimum absolute atomic E-state index is 0.104. The van der Waals surface area contributed by atoms with E-state index in [2.05, 4.69) is 4.98 Å². The number of nitrogens with zero attached hydrogens (tertiary/aromatic N) is 1. The summed E-state index contributed by atoms with van der Waals surface area (Å²) in [6.45, 7) is 3.28. The van der Waals surface area contributed by atoms with Gasteiger partial charge >= 0.3 is 0 Å². The fraction of sp³-hybridized carbons (Fsp3) is 0.154. The molecule has 0 spiro atoms. The maximum atomic E-state index is 13.9. The van der Waals surface area contributed by atoms with E-state index in [1.54, 1.807) is 19.9 Å². The molecule has 1 aromatic carbocycles. The van der Waals surface area contributed by atoms with Crippen molar-refractivity contribution in [2.24, 2.45) is 0 Å². The Morgan fingerprint density at radius 3 is 2.41 bits per heavy atom. The Balaban J connectivity index is 2.68. The van der Waals surface area contributed by atoms with E-state index in [0.29, 0.717) is 16.9 Å². The Kier molecular flexibility index (Phi) is 2.79. The molecule has 88 valence electrons. The van der Waals surface area contributed by atoms with Crippen LogP contribution in [0, 0.1) is 25.5 Å². The van der Waals surface area contributed by atoms with Crippen molar-refractivity contribution in [1.29, 1.82) is 0 Å². The summed E-state index contributed by atoms with van der Waals surface area (Å²) in [4.78, 5) is 4.10. The molecule has 17 heavy (non-hydrogen) atoms. The van der Waals surface area contributed by atoms with E-state index < -0.39 is 11.6 Å². The van der Waals surface area contributed by atoms with E-state index in [4.69, 9.17) is 5.73 Å². The average Bonchev–Trinajstić information content (AvgIpc) is 2.29. The van der Waals surface area contributed by atoms with Crippen molar-refractivity contribution in [3.05, 3.63) is 47.2 Å². The highest BCUT2D eigenvalue weighted by Gasteiger charge is 2.15. The molecule has 0 aliphatic rings. The lowest BCUT2D eigenvalue weighted by atomic mass is 10.1. The Labute approximate surface area is 98.1 Å². The van der Waals surface area contributed by atoms with Gasteiger partial charge in [-0.2, -0.15) is 0 Å². The van der Waals surface area contributed by atoms with E-state index in [-0.39, 0.29) is 11.3 Å². The fourth-order valence-corrected chi connectivity index (χ4v) is 1.60. The average molecular weight is 234 g/mol. The van der Waals surface area contributed by atoms with Crippen LogP contribution in [0.1, 0.15) is 11.3 Å². The van der Waals surface area contributed by atoms with Gasteiger partial charge in [0.15, 0.2) is 0 Å². The summed E-state index contributed by atoms with van der Waals surface area (Å²) in [5.41, 5.74) is 7.23. The summed E-state index contributed by atoms with van der Waals surface area (Å²) in [7, 11) is 0. The molecular weight excluding hydrogens is 222 g/mol. The van der Waals surface area contributed by atoms with E-state index in [1.165, 1.54) is 18.2 Å². The topological polar surface area (TPSA) is 38.9 Å². The van der Waals surface area contributed by atoms with Crippen molar-refractivity contribution < 1.29 is 8.78 Å². The molecule has 0 aliphatic heterocycles. The van der Waals surface area contributed by atoms with Crippen LogP contribution in [0.15, 0.2) is 24.3 Å². The number of aromatic nitrogens is 1. The molecule has 0 radical (unpaired) electrons. The maximum absolute atomic E-state index is 13.9. The van der Waals surface area contributed by atoms with Crippen LogP contribution >= 0.6 is 0 Å². The largest absolute Gasteiger partial charge is 0.397 e. The molecular formula is C13H12F2N2. The number of pyridine rings is 1. The molecule has 0 saturated carbocycles. The van der Waals surface area contributed by atoms with Crippen LogP contribution in [0.4, 0.5) is 14.5 Å². The van der Waals surface area contributed by atoms with Crippen LogP contribution in [-0.2, 0) is 0 Å². The van der Waals surface area contributed by atoms with Gasteiger partial charge < -0.3 is 5.73 Å². The second-order valence-electron chi connectivity index (χ2n) is 3.92. The highest BCUT2D eigenvalue weighted by molar-refractivity contribution is 5.64. The van der Waals surface area contributed by atoms with Crippen LogP contribution in [0.5, 0.6) is 0 Å². The quantitative estimate of drug-likeness (QED) is 0.822. The molecule has 0 aliphatic carbocycles. The van der Waals surface area contributed by atoms with Gasteiger partial charge in [0.05, 0.1) is 22.6 Å². The zero-order chi connectivity index (χ0) is 12.6.